The Morgan fingerprint density at radius 3 is 2.58 bits per heavy atom. The summed E-state index contributed by atoms with van der Waals surface area (Å²) in [5.74, 6) is 0.298. The van der Waals surface area contributed by atoms with Crippen LogP contribution in [-0.4, -0.2) is 14.3 Å². The SMILES string of the molecule is NC(=NS(=O)(=O)C=Cc1ccc(Cl)c(Cl)c1)C1CC1. The predicted octanol–water partition coefficient (Wildman–Crippen LogP) is 3.06. The van der Waals surface area contributed by atoms with Gasteiger partial charge in [-0.2, -0.15) is 8.42 Å². The van der Waals surface area contributed by atoms with Crippen LogP contribution < -0.4 is 5.73 Å². The van der Waals surface area contributed by atoms with Gasteiger partial charge in [-0.3, -0.25) is 0 Å². The van der Waals surface area contributed by atoms with Crippen molar-refractivity contribution in [3.8, 4) is 0 Å². The smallest absolute Gasteiger partial charge is 0.277 e. The van der Waals surface area contributed by atoms with E-state index in [9.17, 15) is 8.42 Å². The fraction of sp³-hybridized carbons (Fsp3) is 0.250. The zero-order valence-electron chi connectivity index (χ0n) is 9.88. The number of sulfonamides is 1. The van der Waals surface area contributed by atoms with Crippen LogP contribution in [0, 0.1) is 5.92 Å². The minimum absolute atomic E-state index is 0.119. The van der Waals surface area contributed by atoms with Crippen LogP contribution in [0.4, 0.5) is 0 Å². The Labute approximate surface area is 122 Å². The van der Waals surface area contributed by atoms with Crippen molar-refractivity contribution >= 4 is 45.1 Å². The van der Waals surface area contributed by atoms with Crippen LogP contribution >= 0.6 is 23.2 Å². The summed E-state index contributed by atoms with van der Waals surface area (Å²) in [6, 6.07) is 4.83. The first-order valence-electron chi connectivity index (χ1n) is 5.61. The van der Waals surface area contributed by atoms with Crippen LogP contribution in [0.1, 0.15) is 18.4 Å². The highest BCUT2D eigenvalue weighted by molar-refractivity contribution is 7.93. The molecule has 1 aromatic carbocycles. The van der Waals surface area contributed by atoms with E-state index in [0.29, 0.717) is 15.6 Å². The first-order valence-corrected chi connectivity index (χ1v) is 7.87. The van der Waals surface area contributed by atoms with E-state index in [1.807, 2.05) is 0 Å². The second kappa shape index (κ2) is 5.53. The van der Waals surface area contributed by atoms with Crippen LogP contribution in [0.15, 0.2) is 28.0 Å². The van der Waals surface area contributed by atoms with Crippen molar-refractivity contribution < 1.29 is 8.42 Å². The summed E-state index contributed by atoms with van der Waals surface area (Å²) < 4.78 is 26.9. The number of hydrogen-bond donors (Lipinski definition) is 1. The lowest BCUT2D eigenvalue weighted by atomic mass is 10.2. The topological polar surface area (TPSA) is 72.5 Å². The number of amidine groups is 1. The van der Waals surface area contributed by atoms with E-state index in [1.54, 1.807) is 18.2 Å². The second-order valence-corrected chi connectivity index (χ2v) is 6.58. The van der Waals surface area contributed by atoms with Crippen LogP contribution in [0.2, 0.25) is 10.0 Å². The van der Waals surface area contributed by atoms with Crippen molar-refractivity contribution in [3.63, 3.8) is 0 Å². The maximum absolute atomic E-state index is 11.7. The fourth-order valence-corrected chi connectivity index (χ4v) is 2.55. The molecular formula is C12H12Cl2N2O2S. The third kappa shape index (κ3) is 4.23. The molecule has 4 nitrogen and oxygen atoms in total. The molecule has 0 heterocycles. The molecule has 0 aliphatic heterocycles. The van der Waals surface area contributed by atoms with Gasteiger partial charge in [0.05, 0.1) is 15.5 Å². The van der Waals surface area contributed by atoms with Crippen molar-refractivity contribution in [2.24, 2.45) is 16.0 Å². The van der Waals surface area contributed by atoms with Gasteiger partial charge < -0.3 is 5.73 Å². The molecule has 19 heavy (non-hydrogen) atoms. The molecule has 0 unspecified atom stereocenters. The average Bonchev–Trinajstić information content (AvgIpc) is 3.14. The minimum Gasteiger partial charge on any atom is -0.386 e. The molecule has 2 rings (SSSR count). The maximum atomic E-state index is 11.7. The molecule has 1 saturated carbocycles. The Bertz CT molecular complexity index is 650. The van der Waals surface area contributed by atoms with Gasteiger partial charge in [0.15, 0.2) is 0 Å². The number of nitrogens with two attached hydrogens (primary N) is 1. The normalized spacial score (nSPS) is 17.1. The average molecular weight is 319 g/mol. The second-order valence-electron chi connectivity index (χ2n) is 4.28. The zero-order valence-corrected chi connectivity index (χ0v) is 12.2. The summed E-state index contributed by atoms with van der Waals surface area (Å²) in [5.41, 5.74) is 6.20. The zero-order chi connectivity index (χ0) is 14.0. The van der Waals surface area contributed by atoms with Gasteiger partial charge in [0.1, 0.15) is 5.84 Å². The quantitative estimate of drug-likeness (QED) is 0.685. The molecular weight excluding hydrogens is 307 g/mol. The Morgan fingerprint density at radius 2 is 2.00 bits per heavy atom. The minimum atomic E-state index is -3.70. The highest BCUT2D eigenvalue weighted by Gasteiger charge is 2.26. The highest BCUT2D eigenvalue weighted by atomic mass is 35.5. The van der Waals surface area contributed by atoms with Crippen molar-refractivity contribution in [2.75, 3.05) is 0 Å². The van der Waals surface area contributed by atoms with Crippen molar-refractivity contribution in [2.45, 2.75) is 12.8 Å². The third-order valence-electron chi connectivity index (χ3n) is 2.60. The van der Waals surface area contributed by atoms with E-state index >= 15 is 0 Å². The van der Waals surface area contributed by atoms with Gasteiger partial charge in [0.25, 0.3) is 10.0 Å². The summed E-state index contributed by atoms with van der Waals surface area (Å²) in [6.07, 6.45) is 3.21. The van der Waals surface area contributed by atoms with Gasteiger partial charge in [-0.05, 0) is 36.6 Å². The van der Waals surface area contributed by atoms with Gasteiger partial charge in [-0.1, -0.05) is 29.3 Å². The molecule has 1 fully saturated rings. The summed E-state index contributed by atoms with van der Waals surface area (Å²) in [6.45, 7) is 0. The van der Waals surface area contributed by atoms with Gasteiger partial charge in [0.2, 0.25) is 0 Å². The first-order chi connectivity index (χ1) is 8.87. The standard InChI is InChI=1S/C12H12Cl2N2O2S/c13-10-4-1-8(7-11(10)14)5-6-19(17,18)16-12(15)9-2-3-9/h1,4-7,9H,2-3H2,(H2,15,16). The van der Waals surface area contributed by atoms with E-state index in [1.165, 1.54) is 6.08 Å². The molecule has 102 valence electrons. The number of halogens is 2. The van der Waals surface area contributed by atoms with Crippen molar-refractivity contribution in [1.82, 2.24) is 0 Å². The van der Waals surface area contributed by atoms with E-state index in [0.717, 1.165) is 18.2 Å². The third-order valence-corrected chi connectivity index (χ3v) is 4.29. The highest BCUT2D eigenvalue weighted by Crippen LogP contribution is 2.29. The van der Waals surface area contributed by atoms with Gasteiger partial charge in [0, 0.05) is 5.92 Å². The van der Waals surface area contributed by atoms with Crippen LogP contribution in [-0.2, 0) is 10.0 Å². The van der Waals surface area contributed by atoms with Crippen LogP contribution in [0.3, 0.4) is 0 Å². The van der Waals surface area contributed by atoms with Gasteiger partial charge in [-0.15, -0.1) is 4.40 Å². The van der Waals surface area contributed by atoms with Gasteiger partial charge in [-0.25, -0.2) is 0 Å². The number of nitrogens with zero attached hydrogens (tertiary/aromatic N) is 1. The lowest BCUT2D eigenvalue weighted by Gasteiger charge is -1.98. The first kappa shape index (κ1) is 14.4. The molecule has 0 bridgehead atoms. The predicted molar refractivity (Wildman–Crippen MR) is 78.8 cm³/mol. The molecule has 0 amide bonds. The maximum Gasteiger partial charge on any atom is 0.277 e. The molecule has 0 atom stereocenters. The monoisotopic (exact) mass is 318 g/mol. The Balaban J connectivity index is 2.16. The molecule has 1 aliphatic rings. The molecule has 0 saturated heterocycles. The molecule has 1 aromatic rings. The van der Waals surface area contributed by atoms with Crippen LogP contribution in [0.25, 0.3) is 6.08 Å². The molecule has 0 radical (unpaired) electrons. The Hall–Kier alpha value is -1.04. The fourth-order valence-electron chi connectivity index (χ4n) is 1.41. The Morgan fingerprint density at radius 1 is 1.32 bits per heavy atom. The number of rotatable bonds is 4. The summed E-state index contributed by atoms with van der Waals surface area (Å²) >= 11 is 11.6. The van der Waals surface area contributed by atoms with Gasteiger partial charge >= 0.3 is 0 Å². The number of benzene rings is 1. The molecule has 7 heteroatoms. The molecule has 2 N–H and O–H groups in total. The summed E-state index contributed by atoms with van der Waals surface area (Å²) in [7, 11) is -3.70. The largest absolute Gasteiger partial charge is 0.386 e. The van der Waals surface area contributed by atoms with Crippen molar-refractivity contribution in [1.29, 1.82) is 0 Å². The van der Waals surface area contributed by atoms with E-state index in [2.05, 4.69) is 4.40 Å². The molecule has 0 spiro atoms. The van der Waals surface area contributed by atoms with E-state index in [-0.39, 0.29) is 11.8 Å². The molecule has 0 aromatic heterocycles. The molecule has 1 aliphatic carbocycles. The van der Waals surface area contributed by atoms with Crippen LogP contribution in [0.5, 0.6) is 0 Å². The number of hydrogen-bond acceptors (Lipinski definition) is 2. The summed E-state index contributed by atoms with van der Waals surface area (Å²) in [4.78, 5) is 0. The van der Waals surface area contributed by atoms with Crippen molar-refractivity contribution in [3.05, 3.63) is 39.2 Å². The van der Waals surface area contributed by atoms with E-state index in [4.69, 9.17) is 28.9 Å². The lowest BCUT2D eigenvalue weighted by Crippen LogP contribution is -2.15. The Kier molecular flexibility index (Phi) is 4.18. The lowest BCUT2D eigenvalue weighted by molar-refractivity contribution is 0.606. The van der Waals surface area contributed by atoms with E-state index < -0.39 is 10.0 Å². The summed E-state index contributed by atoms with van der Waals surface area (Å²) in [5, 5.41) is 1.78.